The first kappa shape index (κ1) is 9.97. The van der Waals surface area contributed by atoms with Crippen molar-refractivity contribution in [3.8, 4) is 0 Å². The Morgan fingerprint density at radius 1 is 1.25 bits per heavy atom. The lowest BCUT2D eigenvalue weighted by molar-refractivity contribution is 0.860. The molecule has 2 heteroatoms. The Bertz CT molecular complexity index is 145. The van der Waals surface area contributed by atoms with Gasteiger partial charge in [-0.15, -0.1) is 0 Å². The SMILES string of the molecule is CC[Si](CC)(CC)C1CC=NC1. The molecule has 12 heavy (non-hydrogen) atoms. The van der Waals surface area contributed by atoms with Crippen LogP contribution in [0.15, 0.2) is 4.99 Å². The first-order valence-corrected chi connectivity index (χ1v) is 7.97. The fraction of sp³-hybridized carbons (Fsp3) is 0.900. The van der Waals surface area contributed by atoms with E-state index in [1.165, 1.54) is 24.6 Å². The molecule has 0 saturated heterocycles. The summed E-state index contributed by atoms with van der Waals surface area (Å²) < 4.78 is 0. The molecule has 1 aliphatic rings. The van der Waals surface area contributed by atoms with Crippen molar-refractivity contribution in [1.82, 2.24) is 0 Å². The molecule has 1 aliphatic heterocycles. The van der Waals surface area contributed by atoms with Gasteiger partial charge in [-0.1, -0.05) is 38.9 Å². The van der Waals surface area contributed by atoms with Crippen molar-refractivity contribution in [2.45, 2.75) is 50.9 Å². The molecule has 0 fully saturated rings. The summed E-state index contributed by atoms with van der Waals surface area (Å²) in [4.78, 5) is 4.38. The molecule has 0 amide bonds. The van der Waals surface area contributed by atoms with E-state index >= 15 is 0 Å². The lowest BCUT2D eigenvalue weighted by atomic mass is 10.4. The van der Waals surface area contributed by atoms with Crippen LogP contribution in [0.1, 0.15) is 27.2 Å². The van der Waals surface area contributed by atoms with Gasteiger partial charge < -0.3 is 0 Å². The number of rotatable bonds is 4. The maximum Gasteiger partial charge on any atom is 0.0582 e. The lowest BCUT2D eigenvalue weighted by Crippen LogP contribution is -2.37. The van der Waals surface area contributed by atoms with Crippen molar-refractivity contribution < 1.29 is 0 Å². The highest BCUT2D eigenvalue weighted by Gasteiger charge is 2.36. The van der Waals surface area contributed by atoms with Gasteiger partial charge in [-0.25, -0.2) is 0 Å². The second-order valence-corrected chi connectivity index (χ2v) is 9.57. The van der Waals surface area contributed by atoms with Crippen LogP contribution in [0.25, 0.3) is 0 Å². The van der Waals surface area contributed by atoms with E-state index in [1.54, 1.807) is 0 Å². The third-order valence-electron chi connectivity index (χ3n) is 3.82. The molecule has 0 radical (unpaired) electrons. The fourth-order valence-electron chi connectivity index (χ4n) is 2.54. The first-order valence-electron chi connectivity index (χ1n) is 5.27. The van der Waals surface area contributed by atoms with Gasteiger partial charge in [-0.05, 0) is 18.2 Å². The summed E-state index contributed by atoms with van der Waals surface area (Å²) in [7, 11) is -0.909. The Morgan fingerprint density at radius 3 is 2.17 bits per heavy atom. The predicted molar refractivity (Wildman–Crippen MR) is 58.9 cm³/mol. The molecule has 70 valence electrons. The Morgan fingerprint density at radius 2 is 1.83 bits per heavy atom. The zero-order valence-electron chi connectivity index (χ0n) is 8.64. The lowest BCUT2D eigenvalue weighted by Gasteiger charge is -2.33. The van der Waals surface area contributed by atoms with Crippen LogP contribution in [0.5, 0.6) is 0 Å². The average Bonchev–Trinajstić information content (AvgIpc) is 2.62. The Labute approximate surface area is 77.3 Å². The third kappa shape index (κ3) is 1.63. The predicted octanol–water partition coefficient (Wildman–Crippen LogP) is 3.34. The molecule has 0 aromatic rings. The van der Waals surface area contributed by atoms with Crippen LogP contribution in [-0.2, 0) is 0 Å². The van der Waals surface area contributed by atoms with Crippen molar-refractivity contribution >= 4 is 14.3 Å². The van der Waals surface area contributed by atoms with Crippen LogP contribution in [-0.4, -0.2) is 20.8 Å². The van der Waals surface area contributed by atoms with Crippen LogP contribution in [0, 0.1) is 0 Å². The zero-order valence-corrected chi connectivity index (χ0v) is 9.64. The van der Waals surface area contributed by atoms with Gasteiger partial charge >= 0.3 is 0 Å². The molecule has 0 bridgehead atoms. The average molecular weight is 183 g/mol. The van der Waals surface area contributed by atoms with Crippen LogP contribution in [0.3, 0.4) is 0 Å². The van der Waals surface area contributed by atoms with Gasteiger partial charge in [0.15, 0.2) is 0 Å². The van der Waals surface area contributed by atoms with Gasteiger partial charge in [-0.2, -0.15) is 0 Å². The number of hydrogen-bond donors (Lipinski definition) is 0. The molecule has 0 aromatic carbocycles. The molecular weight excluding hydrogens is 162 g/mol. The molecule has 0 spiro atoms. The van der Waals surface area contributed by atoms with Crippen molar-refractivity contribution in [3.63, 3.8) is 0 Å². The molecular formula is C10H21NSi. The highest BCUT2D eigenvalue weighted by molar-refractivity contribution is 6.81. The quantitative estimate of drug-likeness (QED) is 0.593. The molecule has 1 atom stereocenters. The van der Waals surface area contributed by atoms with E-state index in [1.807, 2.05) is 0 Å². The summed E-state index contributed by atoms with van der Waals surface area (Å²) in [6.45, 7) is 8.30. The monoisotopic (exact) mass is 183 g/mol. The summed E-state index contributed by atoms with van der Waals surface area (Å²) in [5, 5.41) is 0. The van der Waals surface area contributed by atoms with Crippen LogP contribution in [0.4, 0.5) is 0 Å². The van der Waals surface area contributed by atoms with E-state index < -0.39 is 8.07 Å². The molecule has 0 aliphatic carbocycles. The molecule has 1 nitrogen and oxygen atoms in total. The summed E-state index contributed by atoms with van der Waals surface area (Å²) >= 11 is 0. The van der Waals surface area contributed by atoms with Crippen molar-refractivity contribution in [1.29, 1.82) is 0 Å². The van der Waals surface area contributed by atoms with Gasteiger partial charge in [0, 0.05) is 6.54 Å². The van der Waals surface area contributed by atoms with E-state index in [-0.39, 0.29) is 0 Å². The van der Waals surface area contributed by atoms with Crippen molar-refractivity contribution in [3.05, 3.63) is 0 Å². The van der Waals surface area contributed by atoms with Gasteiger partial charge in [0.05, 0.1) is 8.07 Å². The van der Waals surface area contributed by atoms with E-state index in [4.69, 9.17) is 0 Å². The highest BCUT2D eigenvalue weighted by Crippen LogP contribution is 2.37. The summed E-state index contributed by atoms with van der Waals surface area (Å²) in [6.07, 6.45) is 3.43. The molecule has 1 heterocycles. The van der Waals surface area contributed by atoms with Gasteiger partial charge in [0.1, 0.15) is 0 Å². The second kappa shape index (κ2) is 4.22. The minimum absolute atomic E-state index is 0.909. The first-order chi connectivity index (χ1) is 5.79. The van der Waals surface area contributed by atoms with Gasteiger partial charge in [0.25, 0.3) is 0 Å². The highest BCUT2D eigenvalue weighted by atomic mass is 28.3. The minimum atomic E-state index is -0.909. The summed E-state index contributed by atoms with van der Waals surface area (Å²) in [5.74, 6) is 0. The molecule has 1 unspecified atom stereocenters. The molecule has 0 saturated carbocycles. The summed E-state index contributed by atoms with van der Waals surface area (Å²) in [6, 6.07) is 4.36. The Hall–Kier alpha value is -0.113. The van der Waals surface area contributed by atoms with Crippen molar-refractivity contribution in [2.24, 2.45) is 4.99 Å². The van der Waals surface area contributed by atoms with E-state index in [0.717, 1.165) is 12.1 Å². The van der Waals surface area contributed by atoms with Crippen LogP contribution >= 0.6 is 0 Å². The van der Waals surface area contributed by atoms with E-state index in [0.29, 0.717) is 0 Å². The fourth-order valence-corrected chi connectivity index (χ4v) is 6.87. The molecule has 0 aromatic heterocycles. The smallest absolute Gasteiger partial charge is 0.0582 e. The third-order valence-corrected chi connectivity index (χ3v) is 10.2. The Kier molecular flexibility index (Phi) is 3.50. The zero-order chi connectivity index (χ0) is 9.03. The molecule has 0 N–H and O–H groups in total. The maximum absolute atomic E-state index is 4.38. The molecule has 1 rings (SSSR count). The number of nitrogens with zero attached hydrogens (tertiary/aromatic N) is 1. The minimum Gasteiger partial charge on any atom is -0.298 e. The number of hydrogen-bond acceptors (Lipinski definition) is 1. The summed E-state index contributed by atoms with van der Waals surface area (Å²) in [5.41, 5.74) is 0.970. The van der Waals surface area contributed by atoms with Gasteiger partial charge in [-0.3, -0.25) is 4.99 Å². The largest absolute Gasteiger partial charge is 0.298 e. The topological polar surface area (TPSA) is 12.4 Å². The standard InChI is InChI=1S/C10H21NSi/c1-4-12(5-2,6-3)10-7-8-11-9-10/h8,10H,4-7,9H2,1-3H3. The Balaban J connectivity index is 2.63. The van der Waals surface area contributed by atoms with Crippen molar-refractivity contribution in [2.75, 3.05) is 6.54 Å². The normalized spacial score (nSPS) is 23.4. The second-order valence-electron chi connectivity index (χ2n) is 3.90. The van der Waals surface area contributed by atoms with E-state index in [2.05, 4.69) is 32.0 Å². The van der Waals surface area contributed by atoms with Crippen LogP contribution in [0.2, 0.25) is 23.7 Å². The van der Waals surface area contributed by atoms with Crippen LogP contribution < -0.4 is 0 Å². The van der Waals surface area contributed by atoms with E-state index in [9.17, 15) is 0 Å². The maximum atomic E-state index is 4.38. The van der Waals surface area contributed by atoms with Gasteiger partial charge in [0.2, 0.25) is 0 Å². The number of aliphatic imine (C=N–C) groups is 1.